The highest BCUT2D eigenvalue weighted by Crippen LogP contribution is 2.66. The van der Waals surface area contributed by atoms with Crippen molar-refractivity contribution in [3.8, 4) is 0 Å². The van der Waals surface area contributed by atoms with Gasteiger partial charge in [-0.15, -0.1) is 11.6 Å². The van der Waals surface area contributed by atoms with Gasteiger partial charge < -0.3 is 29.4 Å². The topological polar surface area (TPSA) is 244 Å². The molecular formula is C10H15ClFN2O14P3. The third-order valence-electron chi connectivity index (χ3n) is 3.71. The predicted octanol–water partition coefficient (Wildman–Crippen LogP) is -0.915. The minimum atomic E-state index is -5.82. The number of aromatic nitrogens is 2. The van der Waals surface area contributed by atoms with Crippen LogP contribution in [0.2, 0.25) is 0 Å². The Morgan fingerprint density at radius 2 is 1.81 bits per heavy atom. The molecule has 1 aromatic rings. The smallest absolute Gasteiger partial charge is 0.387 e. The minimum absolute atomic E-state index is 0.550. The van der Waals surface area contributed by atoms with Crippen molar-refractivity contribution >= 4 is 35.1 Å². The Hall–Kier alpha value is -0.770. The van der Waals surface area contributed by atoms with Crippen LogP contribution >= 0.6 is 35.1 Å². The Bertz CT molecular complexity index is 1070. The van der Waals surface area contributed by atoms with Crippen LogP contribution in [-0.2, 0) is 31.6 Å². The number of rotatable bonds is 9. The maximum absolute atomic E-state index is 14.6. The van der Waals surface area contributed by atoms with E-state index in [1.54, 1.807) is 0 Å². The molecule has 2 rings (SSSR count). The number of hydrogen-bond acceptors (Lipinski definition) is 10. The molecule has 0 aliphatic carbocycles. The van der Waals surface area contributed by atoms with Gasteiger partial charge in [-0.05, 0) is 0 Å². The van der Waals surface area contributed by atoms with Crippen LogP contribution in [0.4, 0.5) is 4.39 Å². The van der Waals surface area contributed by atoms with Crippen LogP contribution in [0.5, 0.6) is 0 Å². The quantitative estimate of drug-likeness (QED) is 0.166. The van der Waals surface area contributed by atoms with Crippen LogP contribution in [0.3, 0.4) is 0 Å². The summed E-state index contributed by atoms with van der Waals surface area (Å²) in [5.74, 6) is -0.807. The molecule has 0 radical (unpaired) electrons. The first-order valence-corrected chi connectivity index (χ1v) is 12.7. The molecule has 6 N–H and O–H groups in total. The van der Waals surface area contributed by atoms with E-state index in [0.29, 0.717) is 4.57 Å². The number of ether oxygens (including phenoxy) is 1. The number of H-pyrrole nitrogens is 1. The summed E-state index contributed by atoms with van der Waals surface area (Å²) in [6.07, 6.45) is -5.58. The molecule has 2 unspecified atom stereocenters. The number of alkyl halides is 2. The van der Waals surface area contributed by atoms with E-state index in [1.807, 2.05) is 4.98 Å². The molecule has 1 aliphatic rings. The minimum Gasteiger partial charge on any atom is -0.387 e. The summed E-state index contributed by atoms with van der Waals surface area (Å²) >= 11 is 5.67. The maximum Gasteiger partial charge on any atom is 0.490 e. The highest BCUT2D eigenvalue weighted by atomic mass is 35.5. The molecule has 0 amide bonds. The predicted molar refractivity (Wildman–Crippen MR) is 95.6 cm³/mol. The Balaban J connectivity index is 2.21. The van der Waals surface area contributed by atoms with Gasteiger partial charge in [0, 0.05) is 12.3 Å². The van der Waals surface area contributed by atoms with Gasteiger partial charge in [-0.25, -0.2) is 22.9 Å². The fourth-order valence-electron chi connectivity index (χ4n) is 2.42. The van der Waals surface area contributed by atoms with E-state index >= 15 is 0 Å². The summed E-state index contributed by atoms with van der Waals surface area (Å²) in [4.78, 5) is 60.4. The second kappa shape index (κ2) is 9.23. The third kappa shape index (κ3) is 6.62. The molecule has 0 spiro atoms. The molecule has 0 aromatic carbocycles. The van der Waals surface area contributed by atoms with Gasteiger partial charge in [-0.2, -0.15) is 8.62 Å². The van der Waals surface area contributed by atoms with Gasteiger partial charge in [0.1, 0.15) is 11.7 Å². The SMILES string of the molecule is O=c1ccn([C@@H]2O[C@](CCl)(COP(=O)(O)OP(=O)(O)OP(=O)(O)O)[C@@H](O)[C@@H]2F)c(=O)[nH]1. The van der Waals surface area contributed by atoms with E-state index in [2.05, 4.69) is 13.1 Å². The molecule has 31 heavy (non-hydrogen) atoms. The molecular weight excluding hydrogens is 519 g/mol. The van der Waals surface area contributed by atoms with Gasteiger partial charge in [-0.1, -0.05) is 0 Å². The summed E-state index contributed by atoms with van der Waals surface area (Å²) in [5, 5.41) is 10.2. The summed E-state index contributed by atoms with van der Waals surface area (Å²) < 4.78 is 65.5. The van der Waals surface area contributed by atoms with E-state index in [4.69, 9.17) is 31.0 Å². The number of aliphatic hydroxyl groups excluding tert-OH is 1. The number of aromatic amines is 1. The van der Waals surface area contributed by atoms with Crippen LogP contribution in [0, 0.1) is 0 Å². The largest absolute Gasteiger partial charge is 0.490 e. The molecule has 1 aromatic heterocycles. The summed E-state index contributed by atoms with van der Waals surface area (Å²) in [6.45, 7) is -1.27. The number of phosphoric acid groups is 3. The lowest BCUT2D eigenvalue weighted by Gasteiger charge is -2.29. The molecule has 178 valence electrons. The lowest BCUT2D eigenvalue weighted by Crippen LogP contribution is -2.47. The lowest BCUT2D eigenvalue weighted by molar-refractivity contribution is -0.113. The summed E-state index contributed by atoms with van der Waals surface area (Å²) in [5.41, 5.74) is -4.25. The van der Waals surface area contributed by atoms with Gasteiger partial charge in [0.15, 0.2) is 12.4 Å². The zero-order chi connectivity index (χ0) is 23.8. The zero-order valence-corrected chi connectivity index (χ0v) is 18.2. The van der Waals surface area contributed by atoms with Gasteiger partial charge in [0.05, 0.1) is 12.5 Å². The lowest BCUT2D eigenvalue weighted by atomic mass is 9.99. The fourth-order valence-corrected chi connectivity index (χ4v) is 5.80. The zero-order valence-electron chi connectivity index (χ0n) is 14.8. The number of nitrogens with one attached hydrogen (secondary N) is 1. The average molecular weight is 535 g/mol. The fraction of sp³-hybridized carbons (Fsp3) is 0.600. The van der Waals surface area contributed by atoms with Crippen LogP contribution < -0.4 is 11.2 Å². The van der Waals surface area contributed by atoms with E-state index in [-0.39, 0.29) is 0 Å². The monoisotopic (exact) mass is 534 g/mol. The summed E-state index contributed by atoms with van der Waals surface area (Å²) in [6, 6.07) is 0.844. The first-order chi connectivity index (χ1) is 14.0. The van der Waals surface area contributed by atoms with Gasteiger partial charge >= 0.3 is 29.2 Å². The Morgan fingerprint density at radius 1 is 1.19 bits per heavy atom. The number of phosphoric ester groups is 1. The number of aliphatic hydroxyl groups is 1. The van der Waals surface area contributed by atoms with Crippen molar-refractivity contribution in [1.29, 1.82) is 0 Å². The third-order valence-corrected chi connectivity index (χ3v) is 7.94. The van der Waals surface area contributed by atoms with Crippen LogP contribution in [0.1, 0.15) is 6.23 Å². The van der Waals surface area contributed by atoms with Crippen LogP contribution in [0.25, 0.3) is 0 Å². The molecule has 16 nitrogen and oxygen atoms in total. The highest BCUT2D eigenvalue weighted by molar-refractivity contribution is 7.66. The number of halogens is 2. The Kier molecular flexibility index (Phi) is 7.89. The van der Waals surface area contributed by atoms with Gasteiger partial charge in [-0.3, -0.25) is 18.9 Å². The van der Waals surface area contributed by atoms with Crippen molar-refractivity contribution in [3.63, 3.8) is 0 Å². The Morgan fingerprint density at radius 3 is 2.32 bits per heavy atom. The molecule has 1 saturated heterocycles. The van der Waals surface area contributed by atoms with Gasteiger partial charge in [0.2, 0.25) is 0 Å². The normalized spacial score (nSPS) is 30.6. The molecule has 1 aliphatic heterocycles. The van der Waals surface area contributed by atoms with Gasteiger partial charge in [0.25, 0.3) is 5.56 Å². The van der Waals surface area contributed by atoms with Crippen molar-refractivity contribution in [2.45, 2.75) is 24.1 Å². The first kappa shape index (κ1) is 26.5. The second-order valence-electron chi connectivity index (χ2n) is 5.98. The maximum atomic E-state index is 14.6. The summed E-state index contributed by atoms with van der Waals surface area (Å²) in [7, 11) is -17.1. The van der Waals surface area contributed by atoms with E-state index in [1.165, 1.54) is 0 Å². The number of hydrogen-bond donors (Lipinski definition) is 6. The number of nitrogens with zero attached hydrogens (tertiary/aromatic N) is 1. The van der Waals surface area contributed by atoms with Crippen molar-refractivity contribution in [1.82, 2.24) is 9.55 Å². The molecule has 0 bridgehead atoms. The average Bonchev–Trinajstić information content (AvgIpc) is 2.82. The van der Waals surface area contributed by atoms with Crippen LogP contribution in [-0.4, -0.2) is 64.6 Å². The van der Waals surface area contributed by atoms with Crippen molar-refractivity contribution < 1.29 is 60.6 Å². The molecule has 21 heteroatoms. The molecule has 6 atom stereocenters. The standard InChI is InChI=1S/C10H15ClFN2O14P3/c11-3-10(4-25-30(21,22)28-31(23,24)27-29(18,19)20)7(16)6(12)8(26-10)14-2-1-5(15)13-9(14)17/h1-2,6-8,16H,3-4H2,(H,21,22)(H,23,24)(H,13,15,17)(H2,18,19,20)/t6-,7-,8+,10+/m0/s1. The molecule has 0 saturated carbocycles. The van der Waals surface area contributed by atoms with Crippen molar-refractivity contribution in [2.24, 2.45) is 0 Å². The second-order valence-corrected chi connectivity index (χ2v) is 10.7. The van der Waals surface area contributed by atoms with E-state index in [9.17, 15) is 37.7 Å². The van der Waals surface area contributed by atoms with Crippen molar-refractivity contribution in [3.05, 3.63) is 33.1 Å². The highest BCUT2D eigenvalue weighted by Gasteiger charge is 2.57. The van der Waals surface area contributed by atoms with E-state index in [0.717, 1.165) is 12.3 Å². The van der Waals surface area contributed by atoms with Crippen molar-refractivity contribution in [2.75, 3.05) is 12.5 Å². The molecule has 1 fully saturated rings. The van der Waals surface area contributed by atoms with Crippen LogP contribution in [0.15, 0.2) is 21.9 Å². The first-order valence-electron chi connectivity index (χ1n) is 7.67. The van der Waals surface area contributed by atoms with E-state index < -0.39 is 71.3 Å². The molecule has 2 heterocycles. The Labute approximate surface area is 175 Å².